The van der Waals surface area contributed by atoms with Gasteiger partial charge in [-0.15, -0.1) is 0 Å². The first-order valence-corrected chi connectivity index (χ1v) is 11.6. The second-order valence-corrected chi connectivity index (χ2v) is 9.33. The Bertz CT molecular complexity index is 1140. The zero-order chi connectivity index (χ0) is 22.7. The van der Waals surface area contributed by atoms with Gasteiger partial charge in [-0.1, -0.05) is 37.7 Å². The molecule has 0 spiro atoms. The van der Waals surface area contributed by atoms with Crippen molar-refractivity contribution in [1.29, 1.82) is 0 Å². The summed E-state index contributed by atoms with van der Waals surface area (Å²) in [6, 6.07) is 11.5. The number of amides is 2. The Balaban J connectivity index is 1.48. The third-order valence-electron chi connectivity index (χ3n) is 5.45. The van der Waals surface area contributed by atoms with Crippen LogP contribution in [0.1, 0.15) is 38.8 Å². The molecule has 3 aromatic rings. The van der Waals surface area contributed by atoms with Crippen molar-refractivity contribution in [3.63, 3.8) is 0 Å². The van der Waals surface area contributed by atoms with Crippen LogP contribution in [0.15, 0.2) is 42.6 Å². The van der Waals surface area contributed by atoms with E-state index >= 15 is 0 Å². The van der Waals surface area contributed by atoms with E-state index < -0.39 is 0 Å². The number of pyridine rings is 1. The SMILES string of the molecule is Cc1nc(NC(=O)C(C)C)sc1-c1ccnc(Nc2cccc(NC(=O)C3CCC3)c2)c1. The maximum atomic E-state index is 12.2. The minimum atomic E-state index is -0.103. The summed E-state index contributed by atoms with van der Waals surface area (Å²) in [6.45, 7) is 5.63. The highest BCUT2D eigenvalue weighted by molar-refractivity contribution is 7.19. The predicted octanol–water partition coefficient (Wildman–Crippen LogP) is 5.59. The third-order valence-corrected chi connectivity index (χ3v) is 6.57. The molecule has 7 nitrogen and oxygen atoms in total. The Morgan fingerprint density at radius 2 is 1.88 bits per heavy atom. The second-order valence-electron chi connectivity index (χ2n) is 8.33. The molecule has 0 radical (unpaired) electrons. The zero-order valence-corrected chi connectivity index (χ0v) is 19.3. The lowest BCUT2D eigenvalue weighted by Crippen LogP contribution is -2.27. The standard InChI is InChI=1S/C24H27N5O2S/c1-14(2)22(30)29-24-26-15(3)21(32-24)17-10-11-25-20(12-17)27-18-8-5-9-19(13-18)28-23(31)16-6-4-7-16/h5,8-14,16H,4,6-7H2,1-3H3,(H,25,27)(H,28,31)(H,26,29,30). The highest BCUT2D eigenvalue weighted by Crippen LogP contribution is 2.34. The highest BCUT2D eigenvalue weighted by Gasteiger charge is 2.25. The maximum absolute atomic E-state index is 12.2. The molecule has 4 rings (SSSR count). The van der Waals surface area contributed by atoms with E-state index in [0.29, 0.717) is 10.9 Å². The molecular weight excluding hydrogens is 422 g/mol. The second kappa shape index (κ2) is 9.48. The van der Waals surface area contributed by atoms with Gasteiger partial charge in [-0.25, -0.2) is 9.97 Å². The molecule has 166 valence electrons. The van der Waals surface area contributed by atoms with Gasteiger partial charge in [0.25, 0.3) is 0 Å². The molecule has 0 bridgehead atoms. The van der Waals surface area contributed by atoms with Crippen LogP contribution < -0.4 is 16.0 Å². The Labute approximate surface area is 191 Å². The van der Waals surface area contributed by atoms with Crippen molar-refractivity contribution in [1.82, 2.24) is 9.97 Å². The van der Waals surface area contributed by atoms with Gasteiger partial charge < -0.3 is 16.0 Å². The molecule has 1 fully saturated rings. The van der Waals surface area contributed by atoms with Crippen molar-refractivity contribution in [3.05, 3.63) is 48.3 Å². The van der Waals surface area contributed by atoms with Crippen molar-refractivity contribution in [3.8, 4) is 10.4 Å². The van der Waals surface area contributed by atoms with E-state index in [-0.39, 0.29) is 23.7 Å². The van der Waals surface area contributed by atoms with Crippen LogP contribution in [0, 0.1) is 18.8 Å². The van der Waals surface area contributed by atoms with E-state index in [1.165, 1.54) is 11.3 Å². The molecule has 2 aromatic heterocycles. The summed E-state index contributed by atoms with van der Waals surface area (Å²) in [7, 11) is 0. The van der Waals surface area contributed by atoms with Crippen LogP contribution in [0.4, 0.5) is 22.3 Å². The number of nitrogens with one attached hydrogen (secondary N) is 3. The smallest absolute Gasteiger partial charge is 0.228 e. The molecule has 1 saturated carbocycles. The van der Waals surface area contributed by atoms with Gasteiger partial charge in [-0.3, -0.25) is 9.59 Å². The first kappa shape index (κ1) is 22.0. The molecular formula is C24H27N5O2S. The number of aryl methyl sites for hydroxylation is 1. The molecule has 0 aliphatic heterocycles. The largest absolute Gasteiger partial charge is 0.340 e. The summed E-state index contributed by atoms with van der Waals surface area (Å²) in [5.74, 6) is 0.767. The monoisotopic (exact) mass is 449 g/mol. The number of rotatable bonds is 7. The highest BCUT2D eigenvalue weighted by atomic mass is 32.1. The van der Waals surface area contributed by atoms with E-state index in [0.717, 1.165) is 46.8 Å². The number of nitrogens with zero attached hydrogens (tertiary/aromatic N) is 2. The fourth-order valence-corrected chi connectivity index (χ4v) is 4.31. The molecule has 3 N–H and O–H groups in total. The summed E-state index contributed by atoms with van der Waals surface area (Å²) in [5.41, 5.74) is 3.43. The van der Waals surface area contributed by atoms with Gasteiger partial charge in [0.15, 0.2) is 5.13 Å². The minimum Gasteiger partial charge on any atom is -0.340 e. The van der Waals surface area contributed by atoms with E-state index in [4.69, 9.17) is 0 Å². The van der Waals surface area contributed by atoms with Crippen LogP contribution in [0.3, 0.4) is 0 Å². The van der Waals surface area contributed by atoms with Gasteiger partial charge >= 0.3 is 0 Å². The molecule has 2 heterocycles. The quantitative estimate of drug-likeness (QED) is 0.437. The molecule has 0 unspecified atom stereocenters. The Kier molecular flexibility index (Phi) is 6.50. The van der Waals surface area contributed by atoms with Crippen LogP contribution in [-0.4, -0.2) is 21.8 Å². The lowest BCUT2D eigenvalue weighted by Gasteiger charge is -2.24. The van der Waals surface area contributed by atoms with Gasteiger partial charge in [0.1, 0.15) is 5.82 Å². The Morgan fingerprint density at radius 3 is 2.59 bits per heavy atom. The third kappa shape index (κ3) is 5.13. The van der Waals surface area contributed by atoms with Crippen molar-refractivity contribution >= 4 is 45.5 Å². The first-order valence-electron chi connectivity index (χ1n) is 10.8. The average molecular weight is 450 g/mol. The van der Waals surface area contributed by atoms with E-state index in [2.05, 4.69) is 25.9 Å². The van der Waals surface area contributed by atoms with Gasteiger partial charge in [-0.05, 0) is 55.7 Å². The molecule has 1 aromatic carbocycles. The summed E-state index contributed by atoms with van der Waals surface area (Å²) in [4.78, 5) is 34.1. The number of hydrogen-bond donors (Lipinski definition) is 3. The van der Waals surface area contributed by atoms with Crippen LogP contribution >= 0.6 is 11.3 Å². The zero-order valence-electron chi connectivity index (χ0n) is 18.4. The normalized spacial score (nSPS) is 13.5. The number of carbonyl (C=O) groups excluding carboxylic acids is 2. The summed E-state index contributed by atoms with van der Waals surface area (Å²) in [5, 5.41) is 9.77. The van der Waals surface area contributed by atoms with Gasteiger partial charge in [0.05, 0.1) is 10.6 Å². The van der Waals surface area contributed by atoms with Crippen molar-refractivity contribution in [2.45, 2.75) is 40.0 Å². The number of hydrogen-bond acceptors (Lipinski definition) is 6. The van der Waals surface area contributed by atoms with Crippen LogP contribution in [0.25, 0.3) is 10.4 Å². The van der Waals surface area contributed by atoms with Crippen molar-refractivity contribution < 1.29 is 9.59 Å². The summed E-state index contributed by atoms with van der Waals surface area (Å²) >= 11 is 1.45. The Morgan fingerprint density at radius 1 is 1.09 bits per heavy atom. The fraction of sp³-hybridized carbons (Fsp3) is 0.333. The topological polar surface area (TPSA) is 96.0 Å². The molecule has 2 amide bonds. The predicted molar refractivity (Wildman–Crippen MR) is 129 cm³/mol. The molecule has 1 aliphatic rings. The van der Waals surface area contributed by atoms with E-state index in [9.17, 15) is 9.59 Å². The van der Waals surface area contributed by atoms with Gasteiger partial charge in [0.2, 0.25) is 11.8 Å². The molecule has 0 atom stereocenters. The lowest BCUT2D eigenvalue weighted by molar-refractivity contribution is -0.122. The lowest BCUT2D eigenvalue weighted by atomic mass is 9.85. The summed E-state index contributed by atoms with van der Waals surface area (Å²) in [6.07, 6.45) is 4.82. The van der Waals surface area contributed by atoms with E-state index in [1.54, 1.807) is 6.20 Å². The van der Waals surface area contributed by atoms with Gasteiger partial charge in [0, 0.05) is 29.4 Å². The van der Waals surface area contributed by atoms with Crippen LogP contribution in [0.5, 0.6) is 0 Å². The van der Waals surface area contributed by atoms with Crippen molar-refractivity contribution in [2.75, 3.05) is 16.0 Å². The maximum Gasteiger partial charge on any atom is 0.228 e. The van der Waals surface area contributed by atoms with Gasteiger partial charge in [-0.2, -0.15) is 0 Å². The number of benzene rings is 1. The number of carbonyl (C=O) groups is 2. The Hall–Kier alpha value is -3.26. The average Bonchev–Trinajstić information content (AvgIpc) is 3.07. The minimum absolute atomic E-state index is 0.0494. The molecule has 32 heavy (non-hydrogen) atoms. The fourth-order valence-electron chi connectivity index (χ4n) is 3.34. The van der Waals surface area contributed by atoms with Crippen molar-refractivity contribution in [2.24, 2.45) is 11.8 Å². The molecule has 8 heteroatoms. The number of thiazole rings is 1. The van der Waals surface area contributed by atoms with E-state index in [1.807, 2.05) is 57.2 Å². The molecule has 0 saturated heterocycles. The van der Waals surface area contributed by atoms with Crippen LogP contribution in [-0.2, 0) is 9.59 Å². The molecule has 1 aliphatic carbocycles. The van der Waals surface area contributed by atoms with Crippen LogP contribution in [0.2, 0.25) is 0 Å². The number of anilines is 4. The number of aromatic nitrogens is 2. The first-order chi connectivity index (χ1) is 15.4. The summed E-state index contributed by atoms with van der Waals surface area (Å²) < 4.78 is 0.